The molecule has 1 heterocycles. The molecule has 1 saturated heterocycles. The van der Waals surface area contributed by atoms with E-state index in [1.807, 2.05) is 30.3 Å². The largest absolute Gasteiger partial charge is 0.339 e. The number of hydrogen-bond donors (Lipinski definition) is 1. The van der Waals surface area contributed by atoms with Crippen molar-refractivity contribution < 1.29 is 9.72 Å². The number of rotatable bonds is 2. The van der Waals surface area contributed by atoms with Crippen LogP contribution < -0.4 is 5.32 Å². The van der Waals surface area contributed by atoms with Crippen LogP contribution >= 0.6 is 0 Å². The van der Waals surface area contributed by atoms with E-state index in [9.17, 15) is 14.9 Å². The Balaban J connectivity index is 1.98. The molecule has 0 saturated carbocycles. The van der Waals surface area contributed by atoms with Gasteiger partial charge >= 0.3 is 0 Å². The van der Waals surface area contributed by atoms with Crippen LogP contribution in [0.15, 0.2) is 54.1 Å². The summed E-state index contributed by atoms with van der Waals surface area (Å²) >= 11 is 0. The molecule has 1 aliphatic carbocycles. The summed E-state index contributed by atoms with van der Waals surface area (Å²) in [6, 6.07) is 14.4. The van der Waals surface area contributed by atoms with Gasteiger partial charge in [0, 0.05) is 18.6 Å². The van der Waals surface area contributed by atoms with Gasteiger partial charge in [0.25, 0.3) is 5.69 Å². The average molecular weight is 306 g/mol. The maximum atomic E-state index is 12.1. The van der Waals surface area contributed by atoms with E-state index in [-0.39, 0.29) is 11.6 Å². The Hall–Kier alpha value is -2.95. The zero-order valence-electron chi connectivity index (χ0n) is 12.3. The molecule has 1 N–H and O–H groups in total. The monoisotopic (exact) mass is 306 g/mol. The molecule has 2 aromatic carbocycles. The second kappa shape index (κ2) is 4.78. The lowest BCUT2D eigenvalue weighted by molar-refractivity contribution is -0.385. The molecule has 1 fully saturated rings. The molecule has 2 aliphatic rings. The van der Waals surface area contributed by atoms with Crippen LogP contribution in [0.1, 0.15) is 29.5 Å². The summed E-state index contributed by atoms with van der Waals surface area (Å²) in [5.74, 6) is -0.0367. The summed E-state index contributed by atoms with van der Waals surface area (Å²) in [4.78, 5) is 22.9. The van der Waals surface area contributed by atoms with Crippen molar-refractivity contribution in [2.45, 2.75) is 18.4 Å². The number of hydrogen-bond acceptors (Lipinski definition) is 3. The number of piperidine rings is 1. The van der Waals surface area contributed by atoms with Crippen molar-refractivity contribution in [3.63, 3.8) is 0 Å². The number of nitro benzene ring substituents is 1. The molecule has 5 heteroatoms. The number of fused-ring (bicyclic) bond motifs is 3. The number of carbonyl (C=O) groups is 1. The van der Waals surface area contributed by atoms with Gasteiger partial charge < -0.3 is 5.32 Å². The fourth-order valence-electron chi connectivity index (χ4n) is 3.63. The van der Waals surface area contributed by atoms with Gasteiger partial charge in [0.05, 0.1) is 4.92 Å². The predicted octanol–water partition coefficient (Wildman–Crippen LogP) is 3.15. The van der Waals surface area contributed by atoms with Gasteiger partial charge in [-0.15, -0.1) is 0 Å². The van der Waals surface area contributed by atoms with E-state index in [1.165, 1.54) is 6.07 Å². The van der Waals surface area contributed by atoms with Crippen molar-refractivity contribution in [2.75, 3.05) is 0 Å². The molecule has 2 aromatic rings. The number of carbonyl (C=O) groups excluding carboxylic acids is 1. The van der Waals surface area contributed by atoms with Crippen molar-refractivity contribution in [3.05, 3.63) is 80.9 Å². The smallest absolute Gasteiger partial charge is 0.269 e. The second-order valence-corrected chi connectivity index (χ2v) is 5.86. The Kier molecular flexibility index (Phi) is 2.84. The number of nitrogens with one attached hydrogen (secondary N) is 1. The first-order valence-electron chi connectivity index (χ1n) is 7.48. The summed E-state index contributed by atoms with van der Waals surface area (Å²) in [7, 11) is 0. The van der Waals surface area contributed by atoms with Crippen molar-refractivity contribution in [1.82, 2.24) is 5.32 Å². The lowest BCUT2D eigenvalue weighted by Gasteiger charge is -2.38. The Morgan fingerprint density at radius 2 is 1.91 bits per heavy atom. The highest BCUT2D eigenvalue weighted by Gasteiger charge is 2.46. The highest BCUT2D eigenvalue weighted by atomic mass is 16.6. The van der Waals surface area contributed by atoms with Crippen LogP contribution in [0.3, 0.4) is 0 Å². The first kappa shape index (κ1) is 13.7. The average Bonchev–Trinajstić information content (AvgIpc) is 2.90. The Labute approximate surface area is 132 Å². The third-order valence-corrected chi connectivity index (χ3v) is 4.61. The quantitative estimate of drug-likeness (QED) is 0.684. The summed E-state index contributed by atoms with van der Waals surface area (Å²) < 4.78 is 0. The predicted molar refractivity (Wildman–Crippen MR) is 85.7 cm³/mol. The van der Waals surface area contributed by atoms with Crippen molar-refractivity contribution >= 4 is 17.7 Å². The molecule has 23 heavy (non-hydrogen) atoms. The third kappa shape index (κ3) is 1.90. The zero-order valence-corrected chi connectivity index (χ0v) is 12.3. The molecule has 0 aromatic heterocycles. The van der Waals surface area contributed by atoms with Gasteiger partial charge in [-0.2, -0.15) is 0 Å². The van der Waals surface area contributed by atoms with Crippen LogP contribution in [-0.2, 0) is 10.3 Å². The molecule has 114 valence electrons. The minimum absolute atomic E-state index is 0.0282. The van der Waals surface area contributed by atoms with Crippen LogP contribution in [0.2, 0.25) is 0 Å². The van der Waals surface area contributed by atoms with E-state index in [4.69, 9.17) is 0 Å². The minimum Gasteiger partial charge on any atom is -0.339 e. The summed E-state index contributed by atoms with van der Waals surface area (Å²) in [6.45, 7) is 0. The minimum atomic E-state index is -0.780. The third-order valence-electron chi connectivity index (χ3n) is 4.61. The Morgan fingerprint density at radius 3 is 2.74 bits per heavy atom. The number of non-ortho nitro benzene ring substituents is 1. The Bertz CT molecular complexity index is 872. The van der Waals surface area contributed by atoms with Crippen LogP contribution in [-0.4, -0.2) is 10.8 Å². The maximum Gasteiger partial charge on any atom is 0.269 e. The normalized spacial score (nSPS) is 21.9. The number of nitrogens with zero attached hydrogens (tertiary/aromatic N) is 1. The van der Waals surface area contributed by atoms with Crippen molar-refractivity contribution in [1.29, 1.82) is 0 Å². The van der Waals surface area contributed by atoms with E-state index in [0.29, 0.717) is 12.8 Å². The van der Waals surface area contributed by atoms with Gasteiger partial charge in [-0.05, 0) is 28.7 Å². The second-order valence-electron chi connectivity index (χ2n) is 5.86. The van der Waals surface area contributed by atoms with Gasteiger partial charge in [0.1, 0.15) is 5.54 Å². The molecular weight excluding hydrogens is 292 g/mol. The number of benzene rings is 2. The van der Waals surface area contributed by atoms with E-state index in [1.54, 1.807) is 12.1 Å². The molecular formula is C18H14N2O3. The molecule has 1 atom stereocenters. The van der Waals surface area contributed by atoms with E-state index in [2.05, 4.69) is 11.4 Å². The lowest BCUT2D eigenvalue weighted by atomic mass is 9.76. The molecule has 0 radical (unpaired) electrons. The lowest BCUT2D eigenvalue weighted by Crippen LogP contribution is -2.50. The van der Waals surface area contributed by atoms with Gasteiger partial charge in [-0.1, -0.05) is 42.5 Å². The summed E-state index contributed by atoms with van der Waals surface area (Å²) in [5, 5.41) is 14.2. The summed E-state index contributed by atoms with van der Waals surface area (Å²) in [6.07, 6.45) is 3.19. The van der Waals surface area contributed by atoms with Crippen LogP contribution in [0.5, 0.6) is 0 Å². The van der Waals surface area contributed by atoms with E-state index < -0.39 is 10.5 Å². The number of amides is 1. The first-order valence-corrected chi connectivity index (χ1v) is 7.48. The highest BCUT2D eigenvalue weighted by Crippen LogP contribution is 2.48. The van der Waals surface area contributed by atoms with E-state index in [0.717, 1.165) is 22.3 Å². The van der Waals surface area contributed by atoms with Crippen LogP contribution in [0, 0.1) is 10.1 Å². The van der Waals surface area contributed by atoms with Gasteiger partial charge in [0.15, 0.2) is 0 Å². The first-order chi connectivity index (χ1) is 11.1. The summed E-state index contributed by atoms with van der Waals surface area (Å²) in [5.41, 5.74) is 3.09. The van der Waals surface area contributed by atoms with Crippen LogP contribution in [0.25, 0.3) is 6.08 Å². The molecule has 1 amide bonds. The highest BCUT2D eigenvalue weighted by molar-refractivity contribution is 5.86. The van der Waals surface area contributed by atoms with Crippen LogP contribution in [0.4, 0.5) is 5.69 Å². The van der Waals surface area contributed by atoms with Gasteiger partial charge in [-0.3, -0.25) is 14.9 Å². The SMILES string of the molecule is O=C1CCC2=Cc3ccccc3C2(c2cccc([N+](=O)[O-])c2)N1. The molecule has 1 unspecified atom stereocenters. The molecule has 1 aliphatic heterocycles. The van der Waals surface area contributed by atoms with Gasteiger partial charge in [-0.25, -0.2) is 0 Å². The molecule has 4 rings (SSSR count). The number of nitro groups is 1. The molecule has 0 bridgehead atoms. The topological polar surface area (TPSA) is 72.2 Å². The van der Waals surface area contributed by atoms with Crippen molar-refractivity contribution in [2.24, 2.45) is 0 Å². The fraction of sp³-hybridized carbons (Fsp3) is 0.167. The molecule has 0 spiro atoms. The molecule has 5 nitrogen and oxygen atoms in total. The fourth-order valence-corrected chi connectivity index (χ4v) is 3.63. The zero-order chi connectivity index (χ0) is 16.0. The van der Waals surface area contributed by atoms with Gasteiger partial charge in [0.2, 0.25) is 5.91 Å². The maximum absolute atomic E-state index is 12.1. The Morgan fingerprint density at radius 1 is 1.09 bits per heavy atom. The van der Waals surface area contributed by atoms with E-state index >= 15 is 0 Å². The standard InChI is InChI=1S/C18H14N2O3/c21-17-9-8-14-10-12-4-1-2-7-16(12)18(14,19-17)13-5-3-6-15(11-13)20(22)23/h1-7,10-11H,8-9H2,(H,19,21). The van der Waals surface area contributed by atoms with Crippen molar-refractivity contribution in [3.8, 4) is 0 Å².